The van der Waals surface area contributed by atoms with Crippen molar-refractivity contribution >= 4 is 0 Å². The van der Waals surface area contributed by atoms with Gasteiger partial charge in [-0.05, 0) is 35.7 Å². The van der Waals surface area contributed by atoms with Crippen LogP contribution in [0.4, 0.5) is 0 Å². The minimum absolute atomic E-state index is 0. The second kappa shape index (κ2) is 13.0. The third kappa shape index (κ3) is 6.87. The van der Waals surface area contributed by atoms with Crippen molar-refractivity contribution < 1.29 is 18.9 Å². The van der Waals surface area contributed by atoms with Crippen LogP contribution in [-0.2, 0) is 0 Å². The van der Waals surface area contributed by atoms with Crippen LogP contribution in [0.1, 0.15) is 87.5 Å². The van der Waals surface area contributed by atoms with E-state index in [0.717, 1.165) is 0 Å². The molecule has 3 aromatic rings. The monoisotopic (exact) mass is 404 g/mol. The fourth-order valence-electron chi connectivity index (χ4n) is 4.44. The van der Waals surface area contributed by atoms with Crippen LogP contribution in [0.15, 0.2) is 78.9 Å². The molecule has 0 aliphatic rings. The standard InChI is InChI=1S/C30H37.Li/c1-5-23(3)21-29(25-15-9-7-10-16-25)27-19-13-14-20-28(27)30(22-24(4)6-2)26-17-11-8-12-18-26;/h7-19,23-24,29-30H,5-6,21-22H2,1-4H3;/q-1;+1. The molecular formula is C30H37Li. The summed E-state index contributed by atoms with van der Waals surface area (Å²) in [7, 11) is 0. The van der Waals surface area contributed by atoms with Gasteiger partial charge in [-0.1, -0.05) is 113 Å². The Hall–Kier alpha value is -1.74. The van der Waals surface area contributed by atoms with Crippen molar-refractivity contribution in [1.82, 2.24) is 0 Å². The van der Waals surface area contributed by atoms with Gasteiger partial charge in [-0.2, -0.15) is 29.8 Å². The van der Waals surface area contributed by atoms with Crippen LogP contribution in [0, 0.1) is 17.9 Å². The quantitative estimate of drug-likeness (QED) is 0.304. The van der Waals surface area contributed by atoms with Crippen LogP contribution in [0.2, 0.25) is 0 Å². The minimum Gasteiger partial charge on any atom is -0.179 e. The van der Waals surface area contributed by atoms with Gasteiger partial charge in [0.1, 0.15) is 0 Å². The summed E-state index contributed by atoms with van der Waals surface area (Å²) < 4.78 is 0. The second-order valence-corrected chi connectivity index (χ2v) is 8.96. The van der Waals surface area contributed by atoms with Crippen LogP contribution in [-0.4, -0.2) is 0 Å². The molecule has 0 amide bonds. The molecule has 0 saturated carbocycles. The Balaban J connectivity index is 0.00000341. The van der Waals surface area contributed by atoms with Gasteiger partial charge in [-0.15, -0.1) is 5.56 Å². The maximum Gasteiger partial charge on any atom is 1.00 e. The first-order valence-electron chi connectivity index (χ1n) is 11.7. The summed E-state index contributed by atoms with van der Waals surface area (Å²) in [6.07, 6.45) is 4.76. The molecule has 0 heterocycles. The van der Waals surface area contributed by atoms with Gasteiger partial charge in [-0.25, -0.2) is 0 Å². The summed E-state index contributed by atoms with van der Waals surface area (Å²) in [5.41, 5.74) is 5.69. The van der Waals surface area contributed by atoms with E-state index in [0.29, 0.717) is 23.7 Å². The SMILES string of the molecule is CCC(C)CC(c1ccccc1)c1[c-]cccc1C(CC(C)CC)c1ccccc1.[Li+]. The molecule has 0 aromatic heterocycles. The average molecular weight is 405 g/mol. The van der Waals surface area contributed by atoms with E-state index in [9.17, 15) is 0 Å². The molecule has 3 rings (SSSR count). The largest absolute Gasteiger partial charge is 1.00 e. The molecule has 1 heteroatoms. The third-order valence-corrected chi connectivity index (χ3v) is 6.72. The number of hydrogen-bond donors (Lipinski definition) is 0. The summed E-state index contributed by atoms with van der Waals surface area (Å²) in [4.78, 5) is 0. The molecule has 0 fully saturated rings. The van der Waals surface area contributed by atoms with E-state index >= 15 is 0 Å². The summed E-state index contributed by atoms with van der Waals surface area (Å²) in [5, 5.41) is 0. The van der Waals surface area contributed by atoms with E-state index in [1.54, 1.807) is 0 Å². The summed E-state index contributed by atoms with van der Waals surface area (Å²) in [5.74, 6) is 2.17. The first kappa shape index (κ1) is 25.5. The molecular weight excluding hydrogens is 367 g/mol. The topological polar surface area (TPSA) is 0 Å². The average Bonchev–Trinajstić information content (AvgIpc) is 2.81. The fraction of sp³-hybridized carbons (Fsp3) is 0.400. The number of hydrogen-bond acceptors (Lipinski definition) is 0. The van der Waals surface area contributed by atoms with Crippen molar-refractivity contribution in [2.45, 2.75) is 65.2 Å². The van der Waals surface area contributed by atoms with E-state index in [-0.39, 0.29) is 18.9 Å². The van der Waals surface area contributed by atoms with Gasteiger partial charge in [0.2, 0.25) is 0 Å². The van der Waals surface area contributed by atoms with Crippen molar-refractivity contribution in [2.75, 3.05) is 0 Å². The Morgan fingerprint density at radius 1 is 0.645 bits per heavy atom. The van der Waals surface area contributed by atoms with E-state index < -0.39 is 0 Å². The Labute approximate surface area is 202 Å². The zero-order chi connectivity index (χ0) is 21.3. The van der Waals surface area contributed by atoms with Crippen LogP contribution in [0.25, 0.3) is 0 Å². The van der Waals surface area contributed by atoms with Crippen molar-refractivity contribution in [3.63, 3.8) is 0 Å². The molecule has 3 aromatic carbocycles. The molecule has 0 radical (unpaired) electrons. The maximum absolute atomic E-state index is 3.71. The minimum atomic E-state index is 0. The van der Waals surface area contributed by atoms with Gasteiger partial charge in [0.05, 0.1) is 0 Å². The Morgan fingerprint density at radius 2 is 1.13 bits per heavy atom. The van der Waals surface area contributed by atoms with Crippen LogP contribution in [0.3, 0.4) is 0 Å². The molecule has 0 aliphatic heterocycles. The van der Waals surface area contributed by atoms with Gasteiger partial charge >= 0.3 is 18.9 Å². The summed E-state index contributed by atoms with van der Waals surface area (Å²) in [6, 6.07) is 32.5. The molecule has 0 N–H and O–H groups in total. The van der Waals surface area contributed by atoms with E-state index in [1.807, 2.05) is 0 Å². The number of benzene rings is 3. The zero-order valence-corrected chi connectivity index (χ0v) is 20.1. The van der Waals surface area contributed by atoms with Crippen LogP contribution >= 0.6 is 0 Å². The van der Waals surface area contributed by atoms with Gasteiger partial charge in [-0.3, -0.25) is 0 Å². The molecule has 158 valence electrons. The molecule has 0 bridgehead atoms. The molecule has 0 nitrogen and oxygen atoms in total. The predicted octanol–water partition coefficient (Wildman–Crippen LogP) is 5.63. The fourth-order valence-corrected chi connectivity index (χ4v) is 4.44. The van der Waals surface area contributed by atoms with Crippen molar-refractivity contribution in [2.24, 2.45) is 11.8 Å². The second-order valence-electron chi connectivity index (χ2n) is 8.96. The number of rotatable bonds is 10. The molecule has 0 spiro atoms. The first-order chi connectivity index (χ1) is 14.6. The van der Waals surface area contributed by atoms with E-state index in [4.69, 9.17) is 0 Å². The van der Waals surface area contributed by atoms with Crippen molar-refractivity contribution in [1.29, 1.82) is 0 Å². The smallest absolute Gasteiger partial charge is 0.179 e. The van der Waals surface area contributed by atoms with E-state index in [2.05, 4.69) is 113 Å². The van der Waals surface area contributed by atoms with Crippen LogP contribution < -0.4 is 18.9 Å². The van der Waals surface area contributed by atoms with Gasteiger partial charge < -0.3 is 0 Å². The molecule has 31 heavy (non-hydrogen) atoms. The normalized spacial score (nSPS) is 14.8. The summed E-state index contributed by atoms with van der Waals surface area (Å²) in [6.45, 7) is 9.38. The predicted molar refractivity (Wildman–Crippen MR) is 130 cm³/mol. The molecule has 0 saturated heterocycles. The zero-order valence-electron chi connectivity index (χ0n) is 20.1. The van der Waals surface area contributed by atoms with E-state index in [1.165, 1.54) is 47.9 Å². The van der Waals surface area contributed by atoms with Gasteiger partial charge in [0.25, 0.3) is 0 Å². The molecule has 0 aliphatic carbocycles. The van der Waals surface area contributed by atoms with Crippen LogP contribution in [0.5, 0.6) is 0 Å². The van der Waals surface area contributed by atoms with Crippen molar-refractivity contribution in [3.8, 4) is 0 Å². The maximum atomic E-state index is 3.71. The summed E-state index contributed by atoms with van der Waals surface area (Å²) >= 11 is 0. The Kier molecular flexibility index (Phi) is 10.7. The first-order valence-corrected chi connectivity index (χ1v) is 11.7. The molecule has 4 atom stereocenters. The third-order valence-electron chi connectivity index (χ3n) is 6.72. The van der Waals surface area contributed by atoms with Gasteiger partial charge in [0, 0.05) is 0 Å². The van der Waals surface area contributed by atoms with Crippen molar-refractivity contribution in [3.05, 3.63) is 107 Å². The Bertz CT molecular complexity index is 797. The molecule has 4 unspecified atom stereocenters. The Morgan fingerprint density at radius 3 is 1.65 bits per heavy atom. The van der Waals surface area contributed by atoms with Gasteiger partial charge in [0.15, 0.2) is 0 Å².